The molecule has 18 heteroatoms. The van der Waals surface area contributed by atoms with E-state index < -0.39 is 47.0 Å². The summed E-state index contributed by atoms with van der Waals surface area (Å²) in [6.45, 7) is 6.44. The van der Waals surface area contributed by atoms with Gasteiger partial charge in [-0.2, -0.15) is 0 Å². The van der Waals surface area contributed by atoms with Gasteiger partial charge in [-0.3, -0.25) is 9.59 Å². The van der Waals surface area contributed by atoms with Crippen LogP contribution in [0.3, 0.4) is 0 Å². The third-order valence-corrected chi connectivity index (χ3v) is 11.1. The second kappa shape index (κ2) is 26.9. The zero-order chi connectivity index (χ0) is 51.2. The minimum Gasteiger partial charge on any atom is -0.460 e. The average Bonchev–Trinajstić information content (AvgIpc) is 4.07. The Balaban J connectivity index is 1.06. The summed E-state index contributed by atoms with van der Waals surface area (Å²) in [5.41, 5.74) is -2.21. The van der Waals surface area contributed by atoms with Crippen LogP contribution in [0.4, 0.5) is 0 Å². The number of furan rings is 2. The standard InChI is InChI=1S/C53H56O18/c1-5-24-52(4,70-50(60)44-18-12-11-17-43(44)49(59)67-34-39-23-21-37(32-55)69-39)35-63-28-30-65-47(57)42-16-10-13-19-45(42)51(61)71-53(6-2,7-3)25-26-62-27-29-64-46(56)40-14-8-9-15-41(40)48(58)66-33-38-22-20-36(31-54)68-38/h8-23,31-32H,5-7,24-30,33-35H2,1-4H3. The predicted molar refractivity (Wildman–Crippen MR) is 250 cm³/mol. The maximum Gasteiger partial charge on any atom is 0.339 e. The Morgan fingerprint density at radius 3 is 1.25 bits per heavy atom. The van der Waals surface area contributed by atoms with Crippen LogP contribution in [-0.4, -0.2) is 99.2 Å². The molecule has 0 aliphatic rings. The summed E-state index contributed by atoms with van der Waals surface area (Å²) in [5.74, 6) is -4.00. The van der Waals surface area contributed by atoms with Crippen molar-refractivity contribution >= 4 is 48.4 Å². The van der Waals surface area contributed by atoms with Crippen LogP contribution < -0.4 is 0 Å². The quantitative estimate of drug-likeness (QED) is 0.0188. The normalized spacial score (nSPS) is 11.9. The minimum atomic E-state index is -1.13. The molecule has 5 aromatic rings. The summed E-state index contributed by atoms with van der Waals surface area (Å²) >= 11 is 0. The molecule has 0 fully saturated rings. The molecule has 18 nitrogen and oxygen atoms in total. The second-order valence-corrected chi connectivity index (χ2v) is 16.2. The Hall–Kier alpha value is -7.70. The number of ether oxygens (including phenoxy) is 8. The monoisotopic (exact) mass is 980 g/mol. The van der Waals surface area contributed by atoms with Gasteiger partial charge in [0.15, 0.2) is 24.1 Å². The SMILES string of the molecule is CCCC(C)(COCCOC(=O)c1ccccc1C(=O)OC(CC)(CC)CCOCCOC(=O)c1ccccc1C(=O)OCc1ccc(C=O)o1)OC(=O)c1ccccc1C(=O)OCc1ccc(C=O)o1. The first kappa shape index (κ1) is 54.2. The van der Waals surface area contributed by atoms with Gasteiger partial charge >= 0.3 is 35.8 Å². The van der Waals surface area contributed by atoms with Gasteiger partial charge in [0, 0.05) is 6.42 Å². The van der Waals surface area contributed by atoms with E-state index in [-0.39, 0.29) is 116 Å². The lowest BCUT2D eigenvalue weighted by atomic mass is 9.93. The minimum absolute atomic E-state index is 0.00218. The Labute approximate surface area is 409 Å². The van der Waals surface area contributed by atoms with Crippen molar-refractivity contribution in [1.29, 1.82) is 0 Å². The number of rotatable bonds is 29. The zero-order valence-corrected chi connectivity index (χ0v) is 39.9. The third kappa shape index (κ3) is 15.7. The molecule has 0 N–H and O–H groups in total. The number of benzene rings is 3. The predicted octanol–water partition coefficient (Wildman–Crippen LogP) is 8.78. The van der Waals surface area contributed by atoms with Crippen molar-refractivity contribution in [2.75, 3.05) is 39.6 Å². The van der Waals surface area contributed by atoms with Crippen LogP contribution in [0, 0.1) is 0 Å². The van der Waals surface area contributed by atoms with E-state index in [2.05, 4.69) is 0 Å². The van der Waals surface area contributed by atoms with Gasteiger partial charge in [-0.25, -0.2) is 28.8 Å². The van der Waals surface area contributed by atoms with Crippen LogP contribution in [0.25, 0.3) is 0 Å². The van der Waals surface area contributed by atoms with Gasteiger partial charge in [0.2, 0.25) is 0 Å². The van der Waals surface area contributed by atoms with Crippen LogP contribution in [-0.2, 0) is 51.1 Å². The summed E-state index contributed by atoms with van der Waals surface area (Å²) in [6, 6.07) is 24.0. The molecule has 1 unspecified atom stereocenters. The van der Waals surface area contributed by atoms with E-state index in [1.54, 1.807) is 43.3 Å². The fourth-order valence-corrected chi connectivity index (χ4v) is 7.22. The highest BCUT2D eigenvalue weighted by atomic mass is 16.6. The molecule has 0 aliphatic carbocycles. The highest BCUT2D eigenvalue weighted by molar-refractivity contribution is 6.04. The first-order valence-corrected chi connectivity index (χ1v) is 22.9. The molecule has 71 heavy (non-hydrogen) atoms. The van der Waals surface area contributed by atoms with E-state index in [0.29, 0.717) is 38.3 Å². The summed E-state index contributed by atoms with van der Waals surface area (Å²) in [6.07, 6.45) is 3.19. The molecule has 5 rings (SSSR count). The number of carbonyl (C=O) groups is 8. The molecule has 0 spiro atoms. The van der Waals surface area contributed by atoms with Gasteiger partial charge in [0.05, 0.1) is 59.8 Å². The molecule has 0 aliphatic heterocycles. The fraction of sp³-hybridized carbons (Fsp3) is 0.358. The number of hydrogen-bond donors (Lipinski definition) is 0. The van der Waals surface area contributed by atoms with Crippen molar-refractivity contribution in [3.63, 3.8) is 0 Å². The average molecular weight is 981 g/mol. The smallest absolute Gasteiger partial charge is 0.339 e. The van der Waals surface area contributed by atoms with Crippen LogP contribution in [0.15, 0.2) is 106 Å². The third-order valence-electron chi connectivity index (χ3n) is 11.1. The molecule has 0 saturated carbocycles. The van der Waals surface area contributed by atoms with Gasteiger partial charge in [-0.1, -0.05) is 63.6 Å². The van der Waals surface area contributed by atoms with Gasteiger partial charge in [-0.15, -0.1) is 0 Å². The molecule has 0 bridgehead atoms. The Kier molecular flexibility index (Phi) is 20.5. The molecular weight excluding hydrogens is 925 g/mol. The molecule has 2 heterocycles. The van der Waals surface area contributed by atoms with Crippen LogP contribution in [0.2, 0.25) is 0 Å². The zero-order valence-electron chi connectivity index (χ0n) is 39.9. The summed E-state index contributed by atoms with van der Waals surface area (Å²) in [4.78, 5) is 101. The van der Waals surface area contributed by atoms with Gasteiger partial charge in [0.1, 0.15) is 49.2 Å². The van der Waals surface area contributed by atoms with Crippen molar-refractivity contribution in [3.05, 3.63) is 153 Å². The van der Waals surface area contributed by atoms with Gasteiger partial charge < -0.3 is 46.7 Å². The Bertz CT molecular complexity index is 2620. The van der Waals surface area contributed by atoms with Crippen molar-refractivity contribution in [1.82, 2.24) is 0 Å². The maximum atomic E-state index is 13.7. The van der Waals surface area contributed by atoms with E-state index in [1.807, 2.05) is 20.8 Å². The summed E-state index contributed by atoms with van der Waals surface area (Å²) in [7, 11) is 0. The first-order valence-electron chi connectivity index (χ1n) is 22.9. The van der Waals surface area contributed by atoms with Crippen molar-refractivity contribution < 1.29 is 85.1 Å². The highest BCUT2D eigenvalue weighted by Crippen LogP contribution is 2.28. The molecule has 3 aromatic carbocycles. The number of carbonyl (C=O) groups excluding carboxylic acids is 8. The highest BCUT2D eigenvalue weighted by Gasteiger charge is 2.34. The molecule has 1 atom stereocenters. The van der Waals surface area contributed by atoms with Gasteiger partial charge in [-0.05, 0) is 86.8 Å². The lowest BCUT2D eigenvalue weighted by molar-refractivity contribution is -0.0665. The van der Waals surface area contributed by atoms with E-state index in [9.17, 15) is 38.4 Å². The van der Waals surface area contributed by atoms with Crippen molar-refractivity contribution in [2.24, 2.45) is 0 Å². The largest absolute Gasteiger partial charge is 0.460 e. The van der Waals surface area contributed by atoms with E-state index in [0.717, 1.165) is 0 Å². The lowest BCUT2D eigenvalue weighted by Gasteiger charge is -2.32. The molecule has 0 radical (unpaired) electrons. The molecular formula is C53H56O18. The van der Waals surface area contributed by atoms with Crippen LogP contribution in [0.1, 0.15) is 155 Å². The topological polar surface area (TPSA) is 237 Å². The second-order valence-electron chi connectivity index (χ2n) is 16.2. The van der Waals surface area contributed by atoms with Crippen LogP contribution in [0.5, 0.6) is 0 Å². The Morgan fingerprint density at radius 1 is 0.465 bits per heavy atom. The number of hydrogen-bond acceptors (Lipinski definition) is 18. The van der Waals surface area contributed by atoms with E-state index >= 15 is 0 Å². The summed E-state index contributed by atoms with van der Waals surface area (Å²) in [5, 5.41) is 0. The first-order chi connectivity index (χ1) is 34.3. The lowest BCUT2D eigenvalue weighted by Crippen LogP contribution is -2.37. The Morgan fingerprint density at radius 2 is 0.859 bits per heavy atom. The van der Waals surface area contributed by atoms with Crippen molar-refractivity contribution in [3.8, 4) is 0 Å². The fourth-order valence-electron chi connectivity index (χ4n) is 7.22. The number of aldehydes is 2. The summed E-state index contributed by atoms with van der Waals surface area (Å²) < 4.78 is 55.4. The van der Waals surface area contributed by atoms with E-state index in [4.69, 9.17) is 46.7 Å². The van der Waals surface area contributed by atoms with Crippen LogP contribution >= 0.6 is 0 Å². The molecule has 2 aromatic heterocycles. The maximum absolute atomic E-state index is 13.7. The molecule has 0 saturated heterocycles. The van der Waals surface area contributed by atoms with Crippen molar-refractivity contribution in [2.45, 2.75) is 84.2 Å². The van der Waals surface area contributed by atoms with Gasteiger partial charge in [0.25, 0.3) is 0 Å². The molecule has 0 amide bonds. The number of esters is 6. The molecule has 376 valence electrons. The van der Waals surface area contributed by atoms with E-state index in [1.165, 1.54) is 60.7 Å².